The Balaban J connectivity index is 2.57. The summed E-state index contributed by atoms with van der Waals surface area (Å²) in [6.07, 6.45) is 6.46. The molecule has 0 fully saturated rings. The quantitative estimate of drug-likeness (QED) is 0.589. The van der Waals surface area contributed by atoms with Crippen LogP contribution in [0.25, 0.3) is 0 Å². The molecule has 0 atom stereocenters. The normalized spacial score (nSPS) is 10.5. The third-order valence-corrected chi connectivity index (χ3v) is 3.11. The van der Waals surface area contributed by atoms with Gasteiger partial charge in [-0.2, -0.15) is 0 Å². The molecule has 1 rings (SSSR count). The van der Waals surface area contributed by atoms with Crippen LogP contribution in [0, 0.1) is 6.92 Å². The number of anilines is 1. The van der Waals surface area contributed by atoms with Crippen molar-refractivity contribution in [3.63, 3.8) is 0 Å². The van der Waals surface area contributed by atoms with Gasteiger partial charge in [-0.15, -0.1) is 0 Å². The lowest BCUT2D eigenvalue weighted by atomic mass is 10.2. The fourth-order valence-electron chi connectivity index (χ4n) is 1.98. The Bertz CT molecular complexity index is 289. The van der Waals surface area contributed by atoms with Crippen molar-refractivity contribution in [2.45, 2.75) is 46.0 Å². The minimum Gasteiger partial charge on any atom is -0.372 e. The molecule has 0 bridgehead atoms. The summed E-state index contributed by atoms with van der Waals surface area (Å²) in [7, 11) is 0. The van der Waals surface area contributed by atoms with E-state index in [0.29, 0.717) is 0 Å². The molecule has 0 aliphatic rings. The van der Waals surface area contributed by atoms with Crippen molar-refractivity contribution >= 4 is 5.69 Å². The van der Waals surface area contributed by atoms with Crippen LogP contribution in [-0.2, 0) is 0 Å². The average molecular weight is 232 g/mol. The second-order valence-electron chi connectivity index (χ2n) is 4.71. The summed E-state index contributed by atoms with van der Waals surface area (Å²) < 4.78 is 0. The third-order valence-electron chi connectivity index (χ3n) is 3.11. The lowest BCUT2D eigenvalue weighted by Crippen LogP contribution is -2.25. The monoisotopic (exact) mass is 232 g/mol. The summed E-state index contributed by atoms with van der Waals surface area (Å²) in [5.74, 6) is 0. The first-order chi connectivity index (χ1) is 8.27. The van der Waals surface area contributed by atoms with Crippen LogP contribution in [0.5, 0.6) is 0 Å². The van der Waals surface area contributed by atoms with E-state index >= 15 is 0 Å². The molecule has 1 heteroatoms. The third kappa shape index (κ3) is 5.25. The molecule has 0 saturated heterocycles. The Labute approximate surface area is 107 Å². The molecule has 17 heavy (non-hydrogen) atoms. The van der Waals surface area contributed by atoms with Gasteiger partial charge in [0, 0.05) is 18.8 Å². The summed E-state index contributed by atoms with van der Waals surface area (Å²) in [5, 5.41) is 0. The Morgan fingerprint density at radius 1 is 0.882 bits per heavy atom. The van der Waals surface area contributed by atoms with E-state index in [9.17, 15) is 0 Å². The lowest BCUT2D eigenvalue weighted by molar-refractivity contribution is 0.653. The van der Waals surface area contributed by atoms with Crippen LogP contribution in [0.1, 0.15) is 51.5 Å². The van der Waals surface area contributed by atoms with Gasteiger partial charge < -0.3 is 4.90 Å². The molecule has 0 aromatic heterocycles. The number of unbranched alkanes of at least 4 members (excludes halogenated alkanes) is 3. The standard InChI is InChI=1S/C16H26N/c1-4-6-8-14-17(13-7-5-2)16-11-9-15(3)10-12-16/h9-12H,3-8,13-14H2,1-2H3. The van der Waals surface area contributed by atoms with E-state index in [-0.39, 0.29) is 0 Å². The number of hydrogen-bond acceptors (Lipinski definition) is 1. The van der Waals surface area contributed by atoms with Gasteiger partial charge in [0.15, 0.2) is 0 Å². The van der Waals surface area contributed by atoms with E-state index in [0.717, 1.165) is 5.56 Å². The molecule has 0 aliphatic heterocycles. The highest BCUT2D eigenvalue weighted by Gasteiger charge is 2.04. The number of nitrogens with zero attached hydrogens (tertiary/aromatic N) is 1. The second kappa shape index (κ2) is 8.16. The van der Waals surface area contributed by atoms with E-state index in [1.807, 2.05) is 0 Å². The molecule has 0 aliphatic carbocycles. The van der Waals surface area contributed by atoms with E-state index in [1.54, 1.807) is 0 Å². The SMILES string of the molecule is [CH2]c1ccc(N(CCCC)CCCCC)cc1. The fourth-order valence-corrected chi connectivity index (χ4v) is 1.98. The number of rotatable bonds is 8. The summed E-state index contributed by atoms with van der Waals surface area (Å²) in [6.45, 7) is 10.8. The molecule has 0 unspecified atom stereocenters. The summed E-state index contributed by atoms with van der Waals surface area (Å²) in [4.78, 5) is 2.51. The van der Waals surface area contributed by atoms with Crippen molar-refractivity contribution in [3.05, 3.63) is 36.8 Å². The Morgan fingerprint density at radius 2 is 1.47 bits per heavy atom. The second-order valence-corrected chi connectivity index (χ2v) is 4.71. The Morgan fingerprint density at radius 3 is 2.06 bits per heavy atom. The molecule has 0 N–H and O–H groups in total. The van der Waals surface area contributed by atoms with Gasteiger partial charge in [-0.25, -0.2) is 0 Å². The van der Waals surface area contributed by atoms with Crippen LogP contribution < -0.4 is 4.90 Å². The van der Waals surface area contributed by atoms with E-state index in [1.165, 1.54) is 50.9 Å². The molecule has 1 aromatic carbocycles. The molecule has 1 radical (unpaired) electrons. The summed E-state index contributed by atoms with van der Waals surface area (Å²) in [5.41, 5.74) is 2.44. The van der Waals surface area contributed by atoms with Gasteiger partial charge in [-0.3, -0.25) is 0 Å². The largest absolute Gasteiger partial charge is 0.372 e. The molecule has 1 aromatic rings. The van der Waals surface area contributed by atoms with Crippen molar-refractivity contribution in [1.29, 1.82) is 0 Å². The van der Waals surface area contributed by atoms with Gasteiger partial charge >= 0.3 is 0 Å². The molecule has 0 heterocycles. The highest BCUT2D eigenvalue weighted by molar-refractivity contribution is 5.47. The Hall–Kier alpha value is -0.980. The van der Waals surface area contributed by atoms with E-state index in [4.69, 9.17) is 0 Å². The maximum atomic E-state index is 3.94. The van der Waals surface area contributed by atoms with Crippen molar-refractivity contribution in [3.8, 4) is 0 Å². The smallest absolute Gasteiger partial charge is 0.0366 e. The van der Waals surface area contributed by atoms with Gasteiger partial charge in [0.1, 0.15) is 0 Å². The van der Waals surface area contributed by atoms with E-state index < -0.39 is 0 Å². The first-order valence-electron chi connectivity index (χ1n) is 6.95. The van der Waals surface area contributed by atoms with Crippen LogP contribution in [0.2, 0.25) is 0 Å². The highest BCUT2D eigenvalue weighted by Crippen LogP contribution is 2.16. The number of benzene rings is 1. The predicted molar refractivity (Wildman–Crippen MR) is 77.5 cm³/mol. The lowest BCUT2D eigenvalue weighted by Gasteiger charge is -2.25. The Kier molecular flexibility index (Phi) is 6.76. The van der Waals surface area contributed by atoms with Gasteiger partial charge in [0.2, 0.25) is 0 Å². The zero-order valence-corrected chi connectivity index (χ0v) is 11.4. The van der Waals surface area contributed by atoms with Crippen LogP contribution in [0.3, 0.4) is 0 Å². The first kappa shape index (κ1) is 14.1. The van der Waals surface area contributed by atoms with Gasteiger partial charge in [-0.1, -0.05) is 45.2 Å². The minimum atomic E-state index is 1.10. The van der Waals surface area contributed by atoms with Gasteiger partial charge in [0.05, 0.1) is 0 Å². The molecular weight excluding hydrogens is 206 g/mol. The van der Waals surface area contributed by atoms with Crippen LogP contribution in [-0.4, -0.2) is 13.1 Å². The molecule has 0 saturated carbocycles. The van der Waals surface area contributed by atoms with Crippen molar-refractivity contribution in [2.24, 2.45) is 0 Å². The molecule has 95 valence electrons. The maximum absolute atomic E-state index is 3.94. The zero-order chi connectivity index (χ0) is 12.5. The van der Waals surface area contributed by atoms with Crippen LogP contribution in [0.15, 0.2) is 24.3 Å². The van der Waals surface area contributed by atoms with Crippen LogP contribution in [0.4, 0.5) is 5.69 Å². The minimum absolute atomic E-state index is 1.10. The summed E-state index contributed by atoms with van der Waals surface area (Å²) >= 11 is 0. The molecule has 1 nitrogen and oxygen atoms in total. The van der Waals surface area contributed by atoms with E-state index in [2.05, 4.69) is 49.9 Å². The molecule has 0 spiro atoms. The zero-order valence-electron chi connectivity index (χ0n) is 11.4. The molecule has 0 amide bonds. The van der Waals surface area contributed by atoms with Crippen molar-refractivity contribution in [1.82, 2.24) is 0 Å². The predicted octanol–water partition coefficient (Wildman–Crippen LogP) is 4.67. The van der Waals surface area contributed by atoms with Crippen LogP contribution >= 0.6 is 0 Å². The maximum Gasteiger partial charge on any atom is 0.0366 e. The fraction of sp³-hybridized carbons (Fsp3) is 0.562. The highest BCUT2D eigenvalue weighted by atomic mass is 15.1. The first-order valence-corrected chi connectivity index (χ1v) is 6.95. The van der Waals surface area contributed by atoms with Gasteiger partial charge in [0.25, 0.3) is 0 Å². The average Bonchev–Trinajstić information content (AvgIpc) is 2.35. The molecular formula is C16H26N. The van der Waals surface area contributed by atoms with Gasteiger partial charge in [-0.05, 0) is 37.5 Å². The van der Waals surface area contributed by atoms with Crippen molar-refractivity contribution in [2.75, 3.05) is 18.0 Å². The van der Waals surface area contributed by atoms with Crippen molar-refractivity contribution < 1.29 is 0 Å². The number of hydrogen-bond donors (Lipinski definition) is 0. The topological polar surface area (TPSA) is 3.24 Å². The summed E-state index contributed by atoms with van der Waals surface area (Å²) in [6, 6.07) is 8.61.